The lowest BCUT2D eigenvalue weighted by molar-refractivity contribution is 0.277. The van der Waals surface area contributed by atoms with Crippen LogP contribution in [0.2, 0.25) is 5.02 Å². The Morgan fingerprint density at radius 2 is 2.20 bits per heavy atom. The van der Waals surface area contributed by atoms with Crippen molar-refractivity contribution in [1.29, 1.82) is 0 Å². The van der Waals surface area contributed by atoms with E-state index in [9.17, 15) is 0 Å². The van der Waals surface area contributed by atoms with Crippen LogP contribution in [0.3, 0.4) is 0 Å². The fourth-order valence-electron chi connectivity index (χ4n) is 0.948. The lowest BCUT2D eigenvalue weighted by Gasteiger charge is -2.20. The lowest BCUT2D eigenvalue weighted by atomic mass is 10.2. The molecule has 1 nitrogen and oxygen atoms in total. The first kappa shape index (κ1) is 6.32. The van der Waals surface area contributed by atoms with Crippen molar-refractivity contribution in [2.45, 2.75) is 5.56 Å². The summed E-state index contributed by atoms with van der Waals surface area (Å²) in [6, 6.07) is 5.48. The Hall–Kier alpha value is -0.400. The minimum atomic E-state index is -0.391. The van der Waals surface area contributed by atoms with E-state index in [0.29, 0.717) is 5.02 Å². The number of hydrogen-bond donors (Lipinski definition) is 0. The second-order valence-electron chi connectivity index (χ2n) is 2.12. The van der Waals surface area contributed by atoms with E-state index in [1.54, 1.807) is 6.07 Å². The first-order valence-electron chi connectivity index (χ1n) is 2.87. The Labute approximate surface area is 68.5 Å². The van der Waals surface area contributed by atoms with Crippen molar-refractivity contribution in [2.24, 2.45) is 0 Å². The molecule has 1 atom stereocenters. The van der Waals surface area contributed by atoms with Gasteiger partial charge in [0.1, 0.15) is 5.75 Å². The zero-order valence-electron chi connectivity index (χ0n) is 4.97. The molecule has 52 valence electrons. The average Bonchev–Trinajstić information content (AvgIpc) is 1.86. The van der Waals surface area contributed by atoms with Gasteiger partial charge in [-0.1, -0.05) is 23.2 Å². The SMILES string of the molecule is Clc1cc2ccc1C(Cl)O2. The van der Waals surface area contributed by atoms with Crippen molar-refractivity contribution in [3.63, 3.8) is 0 Å². The van der Waals surface area contributed by atoms with E-state index in [2.05, 4.69) is 0 Å². The number of benzene rings is 1. The zero-order chi connectivity index (χ0) is 7.14. The summed E-state index contributed by atoms with van der Waals surface area (Å²) in [5, 5.41) is 0.684. The van der Waals surface area contributed by atoms with Gasteiger partial charge in [-0.05, 0) is 18.2 Å². The highest BCUT2D eigenvalue weighted by Gasteiger charge is 2.19. The Morgan fingerprint density at radius 3 is 2.60 bits per heavy atom. The van der Waals surface area contributed by atoms with Gasteiger partial charge < -0.3 is 4.74 Å². The van der Waals surface area contributed by atoms with Crippen molar-refractivity contribution < 1.29 is 4.74 Å². The number of alkyl halides is 1. The summed E-state index contributed by atoms with van der Waals surface area (Å²) in [5.41, 5.74) is 0.454. The normalized spacial score (nSPS) is 20.8. The highest BCUT2D eigenvalue weighted by molar-refractivity contribution is 6.33. The first-order chi connectivity index (χ1) is 4.77. The molecule has 0 spiro atoms. The number of halogens is 2. The molecule has 2 heterocycles. The highest BCUT2D eigenvalue weighted by Crippen LogP contribution is 2.38. The summed E-state index contributed by atoms with van der Waals surface area (Å²) in [6.45, 7) is 0. The quantitative estimate of drug-likeness (QED) is 0.550. The molecule has 1 unspecified atom stereocenters. The summed E-state index contributed by atoms with van der Waals surface area (Å²) in [6.07, 6.45) is 0. The predicted octanol–water partition coefficient (Wildman–Crippen LogP) is 2.97. The van der Waals surface area contributed by atoms with Crippen LogP contribution in [0, 0.1) is 0 Å². The standard InChI is InChI=1S/C7H4Cl2O/c8-6-3-4-1-2-5(6)7(9)10-4/h1-3,7H. The van der Waals surface area contributed by atoms with Crippen molar-refractivity contribution in [3.8, 4) is 5.75 Å². The molecule has 0 N–H and O–H groups in total. The van der Waals surface area contributed by atoms with Crippen LogP contribution in [-0.4, -0.2) is 0 Å². The first-order valence-corrected chi connectivity index (χ1v) is 3.69. The molecule has 0 aromatic heterocycles. The van der Waals surface area contributed by atoms with Crippen LogP contribution in [0.5, 0.6) is 5.75 Å². The molecule has 2 aliphatic rings. The molecule has 2 aliphatic heterocycles. The van der Waals surface area contributed by atoms with Crippen molar-refractivity contribution in [1.82, 2.24) is 0 Å². The molecule has 3 rings (SSSR count). The summed E-state index contributed by atoms with van der Waals surface area (Å²) in [4.78, 5) is 0. The van der Waals surface area contributed by atoms with Crippen LogP contribution in [0.4, 0.5) is 0 Å². The van der Waals surface area contributed by atoms with Crippen molar-refractivity contribution >= 4 is 23.2 Å². The summed E-state index contributed by atoms with van der Waals surface area (Å²) >= 11 is 11.5. The molecule has 10 heavy (non-hydrogen) atoms. The Morgan fingerprint density at radius 1 is 1.40 bits per heavy atom. The molecule has 0 saturated heterocycles. The predicted molar refractivity (Wildman–Crippen MR) is 40.7 cm³/mol. The van der Waals surface area contributed by atoms with Crippen LogP contribution in [0.1, 0.15) is 11.1 Å². The summed E-state index contributed by atoms with van der Waals surface area (Å²) < 4.78 is 5.15. The van der Waals surface area contributed by atoms with Crippen LogP contribution >= 0.6 is 23.2 Å². The minimum Gasteiger partial charge on any atom is -0.470 e. The fraction of sp³-hybridized carbons (Fsp3) is 0.143. The van der Waals surface area contributed by atoms with E-state index < -0.39 is 5.56 Å². The number of rotatable bonds is 0. The van der Waals surface area contributed by atoms with E-state index in [1.807, 2.05) is 12.1 Å². The molecule has 3 heteroatoms. The third-order valence-corrected chi connectivity index (χ3v) is 2.11. The summed E-state index contributed by atoms with van der Waals surface area (Å²) in [7, 11) is 0. The molecule has 0 fully saturated rings. The van der Waals surface area contributed by atoms with Gasteiger partial charge in [0, 0.05) is 5.56 Å². The third-order valence-electron chi connectivity index (χ3n) is 1.46. The van der Waals surface area contributed by atoms with Gasteiger partial charge in [0.15, 0.2) is 5.56 Å². The Bertz CT molecular complexity index is 272. The third kappa shape index (κ3) is 0.780. The maximum atomic E-state index is 5.80. The average molecular weight is 175 g/mol. The fourth-order valence-corrected chi connectivity index (χ4v) is 1.57. The molecule has 0 radical (unpaired) electrons. The summed E-state index contributed by atoms with van der Waals surface area (Å²) in [5.74, 6) is 0.736. The van der Waals surface area contributed by atoms with Gasteiger partial charge in [0.05, 0.1) is 5.02 Å². The van der Waals surface area contributed by atoms with E-state index in [1.165, 1.54) is 0 Å². The molecule has 2 bridgehead atoms. The second-order valence-corrected chi connectivity index (χ2v) is 2.92. The van der Waals surface area contributed by atoms with Crippen LogP contribution in [-0.2, 0) is 0 Å². The van der Waals surface area contributed by atoms with Gasteiger partial charge in [-0.15, -0.1) is 0 Å². The molecular formula is C7H4Cl2O. The monoisotopic (exact) mass is 174 g/mol. The minimum absolute atomic E-state index is 0.391. The topological polar surface area (TPSA) is 9.23 Å². The number of ether oxygens (including phenoxy) is 1. The van der Waals surface area contributed by atoms with Gasteiger partial charge in [0.2, 0.25) is 0 Å². The molecule has 0 saturated carbocycles. The van der Waals surface area contributed by atoms with Crippen molar-refractivity contribution in [3.05, 3.63) is 28.8 Å². The van der Waals surface area contributed by atoms with Crippen molar-refractivity contribution in [2.75, 3.05) is 0 Å². The Kier molecular flexibility index (Phi) is 1.29. The van der Waals surface area contributed by atoms with Crippen LogP contribution < -0.4 is 4.74 Å². The van der Waals surface area contributed by atoms with Gasteiger partial charge in [-0.3, -0.25) is 0 Å². The lowest BCUT2D eigenvalue weighted by Crippen LogP contribution is -2.06. The van der Waals surface area contributed by atoms with Gasteiger partial charge in [0.25, 0.3) is 0 Å². The number of hydrogen-bond acceptors (Lipinski definition) is 1. The number of fused-ring (bicyclic) bond motifs is 3. The maximum Gasteiger partial charge on any atom is 0.199 e. The van der Waals surface area contributed by atoms with Crippen LogP contribution in [0.25, 0.3) is 0 Å². The molecule has 1 aromatic rings. The smallest absolute Gasteiger partial charge is 0.199 e. The molecule has 0 amide bonds. The van der Waals surface area contributed by atoms with Crippen LogP contribution in [0.15, 0.2) is 18.2 Å². The molecule has 0 aliphatic carbocycles. The highest BCUT2D eigenvalue weighted by atomic mass is 35.5. The largest absolute Gasteiger partial charge is 0.470 e. The van der Waals surface area contributed by atoms with E-state index in [0.717, 1.165) is 11.3 Å². The zero-order valence-corrected chi connectivity index (χ0v) is 6.49. The van der Waals surface area contributed by atoms with E-state index >= 15 is 0 Å². The van der Waals surface area contributed by atoms with E-state index in [-0.39, 0.29) is 0 Å². The van der Waals surface area contributed by atoms with Gasteiger partial charge in [-0.2, -0.15) is 0 Å². The molecular weight excluding hydrogens is 171 g/mol. The van der Waals surface area contributed by atoms with Gasteiger partial charge in [-0.25, -0.2) is 0 Å². The maximum absolute atomic E-state index is 5.80. The Balaban J connectivity index is 2.64. The second kappa shape index (κ2) is 2.04. The van der Waals surface area contributed by atoms with E-state index in [4.69, 9.17) is 27.9 Å². The molecule has 1 aromatic carbocycles. The van der Waals surface area contributed by atoms with Gasteiger partial charge >= 0.3 is 0 Å².